The van der Waals surface area contributed by atoms with Crippen LogP contribution in [0.4, 0.5) is 0 Å². The quantitative estimate of drug-likeness (QED) is 0.746. The van der Waals surface area contributed by atoms with E-state index < -0.39 is 0 Å². The van der Waals surface area contributed by atoms with Gasteiger partial charge < -0.3 is 4.74 Å². The second-order valence-electron chi connectivity index (χ2n) is 4.61. The number of benzene rings is 2. The molecule has 98 valence electrons. The lowest BCUT2D eigenvalue weighted by Crippen LogP contribution is -1.93. The number of aldehydes is 1. The zero-order chi connectivity index (χ0) is 14.0. The highest BCUT2D eigenvalue weighted by molar-refractivity contribution is 9.10. The van der Waals surface area contributed by atoms with Crippen LogP contribution in [0.3, 0.4) is 0 Å². The number of ether oxygens (including phenoxy) is 1. The Morgan fingerprint density at radius 1 is 1.05 bits per heavy atom. The van der Waals surface area contributed by atoms with Gasteiger partial charge in [-0.25, -0.2) is 0 Å². The fraction of sp³-hybridized carbons (Fsp3) is 0.188. The molecule has 2 nitrogen and oxygen atoms in total. The van der Waals surface area contributed by atoms with Gasteiger partial charge in [0, 0.05) is 5.56 Å². The van der Waals surface area contributed by atoms with Gasteiger partial charge in [-0.15, -0.1) is 0 Å². The molecule has 0 aliphatic rings. The number of carbonyl (C=O) groups excluding carboxylic acids is 1. The van der Waals surface area contributed by atoms with Crippen LogP contribution in [0.25, 0.3) is 0 Å². The Hall–Kier alpha value is -1.61. The fourth-order valence-corrected chi connectivity index (χ4v) is 2.38. The van der Waals surface area contributed by atoms with Crippen LogP contribution in [0.5, 0.6) is 11.5 Å². The molecule has 19 heavy (non-hydrogen) atoms. The van der Waals surface area contributed by atoms with Crippen molar-refractivity contribution in [1.82, 2.24) is 0 Å². The highest BCUT2D eigenvalue weighted by Gasteiger charge is 2.08. The molecule has 0 unspecified atom stereocenters. The molecule has 3 heteroatoms. The van der Waals surface area contributed by atoms with Crippen molar-refractivity contribution in [2.75, 3.05) is 0 Å². The van der Waals surface area contributed by atoms with Crippen molar-refractivity contribution in [2.45, 2.75) is 20.8 Å². The van der Waals surface area contributed by atoms with E-state index in [0.29, 0.717) is 11.3 Å². The molecule has 0 aromatic heterocycles. The molecule has 0 N–H and O–H groups in total. The van der Waals surface area contributed by atoms with Crippen LogP contribution in [0.1, 0.15) is 27.0 Å². The Morgan fingerprint density at radius 3 is 2.42 bits per heavy atom. The number of aryl methyl sites for hydroxylation is 2. The average molecular weight is 319 g/mol. The normalized spacial score (nSPS) is 10.3. The molecular weight excluding hydrogens is 304 g/mol. The molecule has 0 fully saturated rings. The van der Waals surface area contributed by atoms with Gasteiger partial charge >= 0.3 is 0 Å². The largest absolute Gasteiger partial charge is 0.456 e. The van der Waals surface area contributed by atoms with Gasteiger partial charge in [-0.05, 0) is 77.7 Å². The minimum atomic E-state index is 0.622. The maximum absolute atomic E-state index is 10.7. The first-order chi connectivity index (χ1) is 9.01. The Kier molecular flexibility index (Phi) is 4.05. The molecule has 2 aromatic carbocycles. The third-order valence-corrected chi connectivity index (χ3v) is 3.70. The molecule has 2 aromatic rings. The van der Waals surface area contributed by atoms with Gasteiger partial charge in [-0.1, -0.05) is 6.07 Å². The summed E-state index contributed by atoms with van der Waals surface area (Å²) >= 11 is 3.42. The lowest BCUT2D eigenvalue weighted by molar-refractivity contribution is 0.112. The predicted octanol–water partition coefficient (Wildman–Crippen LogP) is 4.98. The summed E-state index contributed by atoms with van der Waals surface area (Å²) in [5.41, 5.74) is 4.11. The smallest absolute Gasteiger partial charge is 0.150 e. The summed E-state index contributed by atoms with van der Waals surface area (Å²) in [4.78, 5) is 10.7. The summed E-state index contributed by atoms with van der Waals surface area (Å²) in [7, 11) is 0. The Labute approximate surface area is 121 Å². The van der Waals surface area contributed by atoms with E-state index in [0.717, 1.165) is 22.1 Å². The monoisotopic (exact) mass is 318 g/mol. The second-order valence-corrected chi connectivity index (χ2v) is 5.47. The van der Waals surface area contributed by atoms with Gasteiger partial charge in [0.1, 0.15) is 17.8 Å². The minimum absolute atomic E-state index is 0.622. The number of carbonyl (C=O) groups is 1. The van der Waals surface area contributed by atoms with Gasteiger partial charge in [0.05, 0.1) is 4.47 Å². The van der Waals surface area contributed by atoms with E-state index in [1.165, 1.54) is 11.1 Å². The Balaban J connectivity index is 2.39. The zero-order valence-electron chi connectivity index (χ0n) is 11.2. The molecule has 0 bridgehead atoms. The van der Waals surface area contributed by atoms with Crippen LogP contribution in [-0.2, 0) is 0 Å². The third-order valence-electron chi connectivity index (χ3n) is 3.08. The molecule has 0 saturated carbocycles. The van der Waals surface area contributed by atoms with E-state index in [4.69, 9.17) is 4.74 Å². The van der Waals surface area contributed by atoms with Gasteiger partial charge in [-0.3, -0.25) is 4.79 Å². The van der Waals surface area contributed by atoms with Crippen LogP contribution in [0.2, 0.25) is 0 Å². The molecule has 0 aliphatic carbocycles. The van der Waals surface area contributed by atoms with Crippen LogP contribution >= 0.6 is 15.9 Å². The minimum Gasteiger partial charge on any atom is -0.456 e. The molecule has 0 radical (unpaired) electrons. The van der Waals surface area contributed by atoms with Crippen molar-refractivity contribution in [3.05, 3.63) is 57.1 Å². The van der Waals surface area contributed by atoms with Crippen LogP contribution in [0.15, 0.2) is 34.8 Å². The lowest BCUT2D eigenvalue weighted by atomic mass is 10.1. The summed E-state index contributed by atoms with van der Waals surface area (Å²) in [5.74, 6) is 1.55. The average Bonchev–Trinajstić information content (AvgIpc) is 2.37. The molecular formula is C16H15BrO2. The van der Waals surface area contributed by atoms with Crippen molar-refractivity contribution in [1.29, 1.82) is 0 Å². The molecule has 0 spiro atoms. The maximum Gasteiger partial charge on any atom is 0.150 e. The van der Waals surface area contributed by atoms with Crippen molar-refractivity contribution < 1.29 is 9.53 Å². The van der Waals surface area contributed by atoms with Crippen molar-refractivity contribution in [2.24, 2.45) is 0 Å². The summed E-state index contributed by atoms with van der Waals surface area (Å²) < 4.78 is 6.71. The van der Waals surface area contributed by atoms with Crippen molar-refractivity contribution in [3.63, 3.8) is 0 Å². The lowest BCUT2D eigenvalue weighted by Gasteiger charge is -2.13. The molecule has 0 aliphatic heterocycles. The SMILES string of the molecule is Cc1cc(C)c(C)c(Oc2ccc(C=O)cc2Br)c1. The van der Waals surface area contributed by atoms with E-state index in [2.05, 4.69) is 28.9 Å². The highest BCUT2D eigenvalue weighted by Crippen LogP contribution is 2.33. The molecule has 0 amide bonds. The third kappa shape index (κ3) is 3.04. The summed E-state index contributed by atoms with van der Waals surface area (Å²) in [6.45, 7) is 6.15. The molecule has 0 heterocycles. The Bertz CT molecular complexity index is 633. The predicted molar refractivity (Wildman–Crippen MR) is 80.3 cm³/mol. The molecule has 0 atom stereocenters. The first-order valence-electron chi connectivity index (χ1n) is 6.01. The van der Waals surface area contributed by atoms with Crippen molar-refractivity contribution >= 4 is 22.2 Å². The topological polar surface area (TPSA) is 26.3 Å². The first kappa shape index (κ1) is 13.8. The van der Waals surface area contributed by atoms with E-state index >= 15 is 0 Å². The molecule has 2 rings (SSSR count). The molecule has 0 saturated heterocycles. The fourth-order valence-electron chi connectivity index (χ4n) is 1.90. The van der Waals surface area contributed by atoms with E-state index in [9.17, 15) is 4.79 Å². The van der Waals surface area contributed by atoms with Crippen LogP contribution < -0.4 is 4.74 Å². The van der Waals surface area contributed by atoms with Crippen molar-refractivity contribution in [3.8, 4) is 11.5 Å². The van der Waals surface area contributed by atoms with E-state index in [1.54, 1.807) is 18.2 Å². The first-order valence-corrected chi connectivity index (χ1v) is 6.81. The van der Waals surface area contributed by atoms with Gasteiger partial charge in [0.25, 0.3) is 0 Å². The van der Waals surface area contributed by atoms with Crippen LogP contribution in [-0.4, -0.2) is 6.29 Å². The number of hydrogen-bond donors (Lipinski definition) is 0. The highest BCUT2D eigenvalue weighted by atomic mass is 79.9. The van der Waals surface area contributed by atoms with E-state index in [-0.39, 0.29) is 0 Å². The second kappa shape index (κ2) is 5.57. The Morgan fingerprint density at radius 2 is 1.79 bits per heavy atom. The number of halogens is 1. The maximum atomic E-state index is 10.7. The number of rotatable bonds is 3. The standard InChI is InChI=1S/C16H15BrO2/c1-10-6-11(2)12(3)16(7-10)19-15-5-4-13(9-18)8-14(15)17/h4-9H,1-3H3. The van der Waals surface area contributed by atoms with Gasteiger partial charge in [0.2, 0.25) is 0 Å². The number of hydrogen-bond acceptors (Lipinski definition) is 2. The zero-order valence-corrected chi connectivity index (χ0v) is 12.7. The summed E-state index contributed by atoms with van der Waals surface area (Å²) in [6.07, 6.45) is 0.816. The summed E-state index contributed by atoms with van der Waals surface area (Å²) in [5, 5.41) is 0. The van der Waals surface area contributed by atoms with Gasteiger partial charge in [0.15, 0.2) is 0 Å². The van der Waals surface area contributed by atoms with Crippen LogP contribution in [0, 0.1) is 20.8 Å². The van der Waals surface area contributed by atoms with Gasteiger partial charge in [-0.2, -0.15) is 0 Å². The van der Waals surface area contributed by atoms with E-state index in [1.807, 2.05) is 19.9 Å². The summed E-state index contributed by atoms with van der Waals surface area (Å²) in [6, 6.07) is 9.44.